The lowest BCUT2D eigenvalue weighted by Gasteiger charge is -2.17. The summed E-state index contributed by atoms with van der Waals surface area (Å²) in [7, 11) is 0. The standard InChI is InChI=1S/C24H26Cl2N2O2/c1-15(2)27-23(29)14-21-16(3)20-13-19(30-11-5-10-25)8-9-22(20)28-24(21)17-6-4-7-18(26)12-17/h4,6-9,12-13,15H,5,10-11,14H2,1-3H3,(H,27,29). The number of alkyl halides is 1. The van der Waals surface area contributed by atoms with Gasteiger partial charge < -0.3 is 10.1 Å². The molecule has 2 aromatic carbocycles. The van der Waals surface area contributed by atoms with Crippen molar-refractivity contribution in [3.63, 3.8) is 0 Å². The zero-order valence-corrected chi connectivity index (χ0v) is 19.0. The summed E-state index contributed by atoms with van der Waals surface area (Å²) >= 11 is 12.0. The van der Waals surface area contributed by atoms with Gasteiger partial charge >= 0.3 is 0 Å². The molecule has 0 fully saturated rings. The smallest absolute Gasteiger partial charge is 0.224 e. The van der Waals surface area contributed by atoms with Crippen molar-refractivity contribution in [2.24, 2.45) is 0 Å². The molecule has 0 aliphatic carbocycles. The number of halogens is 2. The monoisotopic (exact) mass is 444 g/mol. The molecule has 0 spiro atoms. The minimum Gasteiger partial charge on any atom is -0.494 e. The Kier molecular flexibility index (Phi) is 7.57. The maximum atomic E-state index is 12.6. The van der Waals surface area contributed by atoms with Crippen molar-refractivity contribution in [1.82, 2.24) is 10.3 Å². The van der Waals surface area contributed by atoms with Crippen molar-refractivity contribution >= 4 is 40.0 Å². The fourth-order valence-corrected chi connectivity index (χ4v) is 3.70. The van der Waals surface area contributed by atoms with E-state index in [1.807, 2.05) is 63.2 Å². The van der Waals surface area contributed by atoms with Gasteiger partial charge in [-0.3, -0.25) is 4.79 Å². The van der Waals surface area contributed by atoms with Crippen LogP contribution in [0.25, 0.3) is 22.2 Å². The first kappa shape index (κ1) is 22.4. The zero-order valence-electron chi connectivity index (χ0n) is 17.5. The normalized spacial score (nSPS) is 11.1. The lowest BCUT2D eigenvalue weighted by atomic mass is 9.95. The van der Waals surface area contributed by atoms with Crippen LogP contribution in [0.2, 0.25) is 5.02 Å². The van der Waals surface area contributed by atoms with Gasteiger partial charge in [0.2, 0.25) is 5.91 Å². The Morgan fingerprint density at radius 2 is 2.00 bits per heavy atom. The Hall–Kier alpha value is -2.30. The van der Waals surface area contributed by atoms with Crippen LogP contribution in [0.3, 0.4) is 0 Å². The predicted molar refractivity (Wildman–Crippen MR) is 125 cm³/mol. The summed E-state index contributed by atoms with van der Waals surface area (Å²) < 4.78 is 5.80. The summed E-state index contributed by atoms with van der Waals surface area (Å²) in [6.07, 6.45) is 1.03. The number of nitrogens with one attached hydrogen (secondary N) is 1. The zero-order chi connectivity index (χ0) is 21.7. The van der Waals surface area contributed by atoms with E-state index in [1.54, 1.807) is 0 Å². The summed E-state index contributed by atoms with van der Waals surface area (Å²) in [5.74, 6) is 1.30. The molecule has 1 aromatic heterocycles. The van der Waals surface area contributed by atoms with Gasteiger partial charge in [-0.05, 0) is 68.7 Å². The fourth-order valence-electron chi connectivity index (χ4n) is 3.40. The predicted octanol–water partition coefficient (Wildman–Crippen LogP) is 5.94. The molecule has 1 heterocycles. The first-order chi connectivity index (χ1) is 14.4. The minimum absolute atomic E-state index is 0.0351. The Bertz CT molecular complexity index is 1050. The number of pyridine rings is 1. The van der Waals surface area contributed by atoms with Crippen LogP contribution in [-0.2, 0) is 11.2 Å². The molecular formula is C24H26Cl2N2O2. The molecule has 0 atom stereocenters. The van der Waals surface area contributed by atoms with E-state index >= 15 is 0 Å². The molecular weight excluding hydrogens is 419 g/mol. The van der Waals surface area contributed by atoms with Crippen LogP contribution >= 0.6 is 23.2 Å². The van der Waals surface area contributed by atoms with Gasteiger partial charge in [-0.2, -0.15) is 0 Å². The van der Waals surface area contributed by atoms with Crippen LogP contribution < -0.4 is 10.1 Å². The van der Waals surface area contributed by atoms with Crippen molar-refractivity contribution in [3.05, 3.63) is 58.6 Å². The van der Waals surface area contributed by atoms with Gasteiger partial charge in [-0.1, -0.05) is 23.7 Å². The second-order valence-corrected chi connectivity index (χ2v) is 8.36. The number of benzene rings is 2. The fraction of sp³-hybridized carbons (Fsp3) is 0.333. The van der Waals surface area contributed by atoms with E-state index in [9.17, 15) is 4.79 Å². The molecule has 3 aromatic rings. The van der Waals surface area contributed by atoms with Crippen molar-refractivity contribution < 1.29 is 9.53 Å². The van der Waals surface area contributed by atoms with Gasteiger partial charge in [0, 0.05) is 27.9 Å². The van der Waals surface area contributed by atoms with Crippen LogP contribution in [-0.4, -0.2) is 29.4 Å². The number of ether oxygens (including phenoxy) is 1. The van der Waals surface area contributed by atoms with Crippen molar-refractivity contribution in [2.75, 3.05) is 12.5 Å². The number of carbonyl (C=O) groups excluding carboxylic acids is 1. The molecule has 0 saturated heterocycles. The lowest BCUT2D eigenvalue weighted by molar-refractivity contribution is -0.120. The average Bonchev–Trinajstić information content (AvgIpc) is 2.70. The Morgan fingerprint density at radius 3 is 2.70 bits per heavy atom. The van der Waals surface area contributed by atoms with E-state index in [0.717, 1.165) is 45.5 Å². The first-order valence-electron chi connectivity index (χ1n) is 10.1. The topological polar surface area (TPSA) is 51.2 Å². The van der Waals surface area contributed by atoms with Gasteiger partial charge in [0.15, 0.2) is 0 Å². The third-order valence-corrected chi connectivity index (χ3v) is 5.28. The SMILES string of the molecule is Cc1c(CC(=O)NC(C)C)c(-c2cccc(Cl)c2)nc2ccc(OCCCCl)cc12. The van der Waals surface area contributed by atoms with Crippen LogP contribution in [0.4, 0.5) is 0 Å². The van der Waals surface area contributed by atoms with Gasteiger partial charge in [0.05, 0.1) is 24.2 Å². The highest BCUT2D eigenvalue weighted by atomic mass is 35.5. The summed E-state index contributed by atoms with van der Waals surface area (Å²) in [5.41, 5.74) is 4.41. The summed E-state index contributed by atoms with van der Waals surface area (Å²) in [4.78, 5) is 17.5. The highest BCUT2D eigenvalue weighted by Crippen LogP contribution is 2.33. The number of rotatable bonds is 8. The third kappa shape index (κ3) is 5.44. The molecule has 0 saturated carbocycles. The van der Waals surface area contributed by atoms with Gasteiger partial charge in [0.1, 0.15) is 5.75 Å². The second kappa shape index (κ2) is 10.1. The Morgan fingerprint density at radius 1 is 1.20 bits per heavy atom. The van der Waals surface area contributed by atoms with Gasteiger partial charge in [0.25, 0.3) is 0 Å². The number of fused-ring (bicyclic) bond motifs is 1. The largest absolute Gasteiger partial charge is 0.494 e. The van der Waals surface area contributed by atoms with Crippen LogP contribution in [0.15, 0.2) is 42.5 Å². The van der Waals surface area contributed by atoms with E-state index in [-0.39, 0.29) is 18.4 Å². The van der Waals surface area contributed by atoms with Crippen molar-refractivity contribution in [2.45, 2.75) is 39.7 Å². The number of nitrogens with zero attached hydrogens (tertiary/aromatic N) is 1. The Balaban J connectivity index is 2.11. The van der Waals surface area contributed by atoms with Crippen molar-refractivity contribution in [3.8, 4) is 17.0 Å². The Labute approximate surface area is 187 Å². The maximum Gasteiger partial charge on any atom is 0.224 e. The molecule has 0 aliphatic heterocycles. The van der Waals surface area contributed by atoms with E-state index in [1.165, 1.54) is 0 Å². The van der Waals surface area contributed by atoms with E-state index in [2.05, 4.69) is 5.32 Å². The van der Waals surface area contributed by atoms with Crippen LogP contribution in [0.5, 0.6) is 5.75 Å². The highest BCUT2D eigenvalue weighted by Gasteiger charge is 2.18. The number of aryl methyl sites for hydroxylation is 1. The minimum atomic E-state index is -0.0351. The van der Waals surface area contributed by atoms with Gasteiger partial charge in [-0.15, -0.1) is 11.6 Å². The molecule has 4 nitrogen and oxygen atoms in total. The molecule has 3 rings (SSSR count). The quantitative estimate of drug-likeness (QED) is 0.345. The number of hydrogen-bond donors (Lipinski definition) is 1. The molecule has 0 aliphatic rings. The molecule has 0 bridgehead atoms. The molecule has 0 unspecified atom stereocenters. The van der Waals surface area contributed by atoms with E-state index in [4.69, 9.17) is 32.9 Å². The van der Waals surface area contributed by atoms with Crippen LogP contribution in [0.1, 0.15) is 31.4 Å². The first-order valence-corrected chi connectivity index (χ1v) is 11.0. The second-order valence-electron chi connectivity index (χ2n) is 7.54. The number of carbonyl (C=O) groups is 1. The molecule has 1 amide bonds. The number of aromatic nitrogens is 1. The van der Waals surface area contributed by atoms with Crippen LogP contribution in [0, 0.1) is 6.92 Å². The van der Waals surface area contributed by atoms with Gasteiger partial charge in [-0.25, -0.2) is 4.98 Å². The summed E-state index contributed by atoms with van der Waals surface area (Å²) in [5, 5.41) is 4.57. The van der Waals surface area contributed by atoms with E-state index in [0.29, 0.717) is 17.5 Å². The molecule has 0 radical (unpaired) electrons. The van der Waals surface area contributed by atoms with E-state index < -0.39 is 0 Å². The summed E-state index contributed by atoms with van der Waals surface area (Å²) in [6.45, 7) is 6.49. The molecule has 1 N–H and O–H groups in total. The maximum absolute atomic E-state index is 12.6. The highest BCUT2D eigenvalue weighted by molar-refractivity contribution is 6.30. The third-order valence-electron chi connectivity index (χ3n) is 4.77. The lowest BCUT2D eigenvalue weighted by Crippen LogP contribution is -2.31. The summed E-state index contributed by atoms with van der Waals surface area (Å²) in [6, 6.07) is 13.5. The average molecular weight is 445 g/mol. The van der Waals surface area contributed by atoms with Crippen molar-refractivity contribution in [1.29, 1.82) is 0 Å². The number of amides is 1. The molecule has 6 heteroatoms. The molecule has 158 valence electrons. The molecule has 30 heavy (non-hydrogen) atoms. The number of hydrogen-bond acceptors (Lipinski definition) is 3.